The highest BCUT2D eigenvalue weighted by Gasteiger charge is 2.08. The van der Waals surface area contributed by atoms with Gasteiger partial charge in [0.05, 0.1) is 0 Å². The van der Waals surface area contributed by atoms with E-state index in [2.05, 4.69) is 47.0 Å². The van der Waals surface area contributed by atoms with Gasteiger partial charge in [0.1, 0.15) is 0 Å². The maximum absolute atomic E-state index is 2.60. The molecule has 0 aliphatic carbocycles. The molecule has 0 unspecified atom stereocenters. The SMILES string of the molecule is c1ccc(CCN2CCCSCC2)cc1. The Morgan fingerprint density at radius 2 is 1.93 bits per heavy atom. The number of hydrogen-bond acceptors (Lipinski definition) is 2. The van der Waals surface area contributed by atoms with Crippen LogP contribution in [0.1, 0.15) is 12.0 Å². The molecule has 1 nitrogen and oxygen atoms in total. The number of benzene rings is 1. The number of nitrogens with zero attached hydrogens (tertiary/aromatic N) is 1. The first kappa shape index (κ1) is 11.0. The van der Waals surface area contributed by atoms with Crippen LogP contribution < -0.4 is 0 Å². The molecule has 0 bridgehead atoms. The lowest BCUT2D eigenvalue weighted by Gasteiger charge is -2.19. The van der Waals surface area contributed by atoms with Gasteiger partial charge in [0, 0.05) is 18.8 Å². The van der Waals surface area contributed by atoms with Crippen molar-refractivity contribution in [3.05, 3.63) is 35.9 Å². The maximum Gasteiger partial charge on any atom is 0.00725 e. The van der Waals surface area contributed by atoms with Crippen molar-refractivity contribution in [2.75, 3.05) is 31.1 Å². The molecular weight excluding hydrogens is 202 g/mol. The van der Waals surface area contributed by atoms with E-state index >= 15 is 0 Å². The molecule has 1 aliphatic rings. The molecule has 0 N–H and O–H groups in total. The Hall–Kier alpha value is -0.470. The number of hydrogen-bond donors (Lipinski definition) is 0. The van der Waals surface area contributed by atoms with Crippen molar-refractivity contribution >= 4 is 11.8 Å². The summed E-state index contributed by atoms with van der Waals surface area (Å²) in [7, 11) is 0. The Morgan fingerprint density at radius 1 is 1.07 bits per heavy atom. The minimum Gasteiger partial charge on any atom is -0.302 e. The summed E-state index contributed by atoms with van der Waals surface area (Å²) >= 11 is 2.10. The molecule has 15 heavy (non-hydrogen) atoms. The first-order valence-corrected chi connectivity index (χ1v) is 6.94. The van der Waals surface area contributed by atoms with Crippen LogP contribution in [0.15, 0.2) is 30.3 Å². The fraction of sp³-hybridized carbons (Fsp3) is 0.538. The second-order valence-corrected chi connectivity index (χ2v) is 5.27. The molecule has 0 radical (unpaired) electrons. The van der Waals surface area contributed by atoms with Crippen LogP contribution in [0.2, 0.25) is 0 Å². The minimum atomic E-state index is 1.20. The van der Waals surface area contributed by atoms with Crippen molar-refractivity contribution in [1.29, 1.82) is 0 Å². The van der Waals surface area contributed by atoms with Crippen LogP contribution in [0.5, 0.6) is 0 Å². The number of rotatable bonds is 3. The molecule has 0 amide bonds. The van der Waals surface area contributed by atoms with Crippen molar-refractivity contribution in [3.63, 3.8) is 0 Å². The van der Waals surface area contributed by atoms with Crippen molar-refractivity contribution in [2.24, 2.45) is 0 Å². The zero-order valence-electron chi connectivity index (χ0n) is 9.19. The molecule has 0 aromatic heterocycles. The molecule has 2 rings (SSSR count). The zero-order chi connectivity index (χ0) is 10.3. The smallest absolute Gasteiger partial charge is 0.00725 e. The van der Waals surface area contributed by atoms with Gasteiger partial charge in [0.2, 0.25) is 0 Å². The van der Waals surface area contributed by atoms with Crippen LogP contribution in [0.25, 0.3) is 0 Å². The van der Waals surface area contributed by atoms with Crippen LogP contribution in [-0.4, -0.2) is 36.0 Å². The Balaban J connectivity index is 1.77. The van der Waals surface area contributed by atoms with Gasteiger partial charge in [-0.1, -0.05) is 30.3 Å². The number of thioether (sulfide) groups is 1. The fourth-order valence-electron chi connectivity index (χ4n) is 1.95. The lowest BCUT2D eigenvalue weighted by Crippen LogP contribution is -2.28. The summed E-state index contributed by atoms with van der Waals surface area (Å²) in [5.74, 6) is 2.66. The quantitative estimate of drug-likeness (QED) is 0.772. The molecule has 0 saturated carbocycles. The Kier molecular flexibility index (Phi) is 4.55. The third-order valence-corrected chi connectivity index (χ3v) is 3.92. The van der Waals surface area contributed by atoms with Gasteiger partial charge >= 0.3 is 0 Å². The average Bonchev–Trinajstić information content (AvgIpc) is 2.56. The van der Waals surface area contributed by atoms with Crippen molar-refractivity contribution in [3.8, 4) is 0 Å². The maximum atomic E-state index is 2.60. The van der Waals surface area contributed by atoms with E-state index in [0.29, 0.717) is 0 Å². The molecule has 1 aliphatic heterocycles. The standard InChI is InChI=1S/C13H19NS/c1-2-5-13(6-3-1)7-9-14-8-4-11-15-12-10-14/h1-3,5-6H,4,7-12H2. The van der Waals surface area contributed by atoms with Gasteiger partial charge < -0.3 is 4.90 Å². The third kappa shape index (κ3) is 3.88. The lowest BCUT2D eigenvalue weighted by atomic mass is 10.1. The van der Waals surface area contributed by atoms with E-state index in [4.69, 9.17) is 0 Å². The predicted molar refractivity (Wildman–Crippen MR) is 68.5 cm³/mol. The third-order valence-electron chi connectivity index (χ3n) is 2.87. The van der Waals surface area contributed by atoms with Gasteiger partial charge in [-0.2, -0.15) is 11.8 Å². The lowest BCUT2D eigenvalue weighted by molar-refractivity contribution is 0.299. The monoisotopic (exact) mass is 221 g/mol. The Labute approximate surface area is 96.9 Å². The molecule has 0 spiro atoms. The molecule has 1 heterocycles. The summed E-state index contributed by atoms with van der Waals surface area (Å²) in [5, 5.41) is 0. The normalized spacial score (nSPS) is 18.7. The van der Waals surface area contributed by atoms with Crippen LogP contribution in [0.3, 0.4) is 0 Å². The van der Waals surface area contributed by atoms with Crippen molar-refractivity contribution in [1.82, 2.24) is 4.90 Å². The highest BCUT2D eigenvalue weighted by Crippen LogP contribution is 2.10. The van der Waals surface area contributed by atoms with Crippen LogP contribution >= 0.6 is 11.8 Å². The van der Waals surface area contributed by atoms with E-state index in [1.54, 1.807) is 0 Å². The average molecular weight is 221 g/mol. The second kappa shape index (κ2) is 6.19. The highest BCUT2D eigenvalue weighted by atomic mass is 32.2. The van der Waals surface area contributed by atoms with Gasteiger partial charge in [-0.15, -0.1) is 0 Å². The molecule has 1 saturated heterocycles. The summed E-state index contributed by atoms with van der Waals surface area (Å²) in [6, 6.07) is 10.8. The van der Waals surface area contributed by atoms with Gasteiger partial charge in [-0.3, -0.25) is 0 Å². The largest absolute Gasteiger partial charge is 0.302 e. The topological polar surface area (TPSA) is 3.24 Å². The summed E-state index contributed by atoms with van der Waals surface area (Å²) in [6.07, 6.45) is 2.56. The molecule has 1 aromatic rings. The summed E-state index contributed by atoms with van der Waals surface area (Å²) in [5.41, 5.74) is 1.47. The molecule has 0 atom stereocenters. The molecule has 2 heteroatoms. The van der Waals surface area contributed by atoms with E-state index in [1.807, 2.05) is 0 Å². The minimum absolute atomic E-state index is 1.20. The van der Waals surface area contributed by atoms with Crippen molar-refractivity contribution < 1.29 is 0 Å². The van der Waals surface area contributed by atoms with E-state index in [0.717, 1.165) is 0 Å². The molecule has 1 aromatic carbocycles. The summed E-state index contributed by atoms with van der Waals surface area (Å²) < 4.78 is 0. The first-order chi connectivity index (χ1) is 7.45. The van der Waals surface area contributed by atoms with Gasteiger partial charge in [-0.25, -0.2) is 0 Å². The van der Waals surface area contributed by atoms with Crippen LogP contribution in [0.4, 0.5) is 0 Å². The first-order valence-electron chi connectivity index (χ1n) is 5.79. The van der Waals surface area contributed by atoms with Crippen molar-refractivity contribution in [2.45, 2.75) is 12.8 Å². The van der Waals surface area contributed by atoms with Crippen LogP contribution in [0, 0.1) is 0 Å². The van der Waals surface area contributed by atoms with Gasteiger partial charge in [0.25, 0.3) is 0 Å². The van der Waals surface area contributed by atoms with E-state index in [1.165, 1.54) is 49.5 Å². The van der Waals surface area contributed by atoms with Crippen LogP contribution in [-0.2, 0) is 6.42 Å². The van der Waals surface area contributed by atoms with Gasteiger partial charge in [0.15, 0.2) is 0 Å². The zero-order valence-corrected chi connectivity index (χ0v) is 10.0. The molecular formula is C13H19NS. The second-order valence-electron chi connectivity index (χ2n) is 4.04. The molecule has 1 fully saturated rings. The Bertz CT molecular complexity index is 265. The van der Waals surface area contributed by atoms with Gasteiger partial charge in [-0.05, 0) is 30.7 Å². The van der Waals surface area contributed by atoms with E-state index in [-0.39, 0.29) is 0 Å². The van der Waals surface area contributed by atoms with E-state index < -0.39 is 0 Å². The summed E-state index contributed by atoms with van der Waals surface area (Å²) in [6.45, 7) is 3.79. The Morgan fingerprint density at radius 3 is 2.80 bits per heavy atom. The summed E-state index contributed by atoms with van der Waals surface area (Å²) in [4.78, 5) is 2.60. The fourth-order valence-corrected chi connectivity index (χ4v) is 2.88. The molecule has 82 valence electrons. The predicted octanol–water partition coefficient (Wildman–Crippen LogP) is 2.67. The van der Waals surface area contributed by atoms with E-state index in [9.17, 15) is 0 Å². The highest BCUT2D eigenvalue weighted by molar-refractivity contribution is 7.99.